The second kappa shape index (κ2) is 2.66. The van der Waals surface area contributed by atoms with Gasteiger partial charge < -0.3 is 9.84 Å². The minimum atomic E-state index is -0.132. The molecule has 0 atom stereocenters. The highest BCUT2D eigenvalue weighted by Gasteiger charge is 2.32. The molecule has 1 heterocycles. The minimum Gasteiger partial charge on any atom is -0.508 e. The van der Waals surface area contributed by atoms with E-state index in [1.54, 1.807) is 0 Å². The van der Waals surface area contributed by atoms with E-state index in [0.29, 0.717) is 5.75 Å². The van der Waals surface area contributed by atoms with Gasteiger partial charge in [0.15, 0.2) is 0 Å². The van der Waals surface area contributed by atoms with E-state index < -0.39 is 0 Å². The lowest BCUT2D eigenvalue weighted by atomic mass is 9.98. The van der Waals surface area contributed by atoms with Gasteiger partial charge in [-0.05, 0) is 44.9 Å². The van der Waals surface area contributed by atoms with Crippen molar-refractivity contribution in [1.29, 1.82) is 0 Å². The number of ether oxygens (including phenoxy) is 1. The smallest absolute Gasteiger partial charge is 0.126 e. The van der Waals surface area contributed by atoms with Gasteiger partial charge in [0, 0.05) is 12.0 Å². The van der Waals surface area contributed by atoms with Crippen LogP contribution < -0.4 is 4.74 Å². The lowest BCUT2D eigenvalue weighted by Gasteiger charge is -2.18. The summed E-state index contributed by atoms with van der Waals surface area (Å²) in [5.41, 5.74) is 2.97. The van der Waals surface area contributed by atoms with Crippen LogP contribution >= 0.6 is 0 Å². The maximum atomic E-state index is 9.68. The third-order valence-corrected chi connectivity index (χ3v) is 2.88. The molecule has 0 saturated heterocycles. The van der Waals surface area contributed by atoms with Crippen LogP contribution in [0.2, 0.25) is 0 Å². The Labute approximate surface area is 84.5 Å². The molecule has 14 heavy (non-hydrogen) atoms. The highest BCUT2D eigenvalue weighted by Crippen LogP contribution is 2.41. The number of phenols is 1. The molecular formula is C12H16O2. The Kier molecular flexibility index (Phi) is 1.78. The lowest BCUT2D eigenvalue weighted by molar-refractivity contribution is 0.137. The molecule has 0 amide bonds. The Morgan fingerprint density at radius 3 is 2.57 bits per heavy atom. The van der Waals surface area contributed by atoms with E-state index in [2.05, 4.69) is 13.8 Å². The van der Waals surface area contributed by atoms with Gasteiger partial charge in [-0.2, -0.15) is 0 Å². The molecule has 76 valence electrons. The molecule has 0 radical (unpaired) electrons. The molecule has 0 spiro atoms. The molecule has 2 rings (SSSR count). The maximum Gasteiger partial charge on any atom is 0.126 e. The van der Waals surface area contributed by atoms with Gasteiger partial charge in [0.2, 0.25) is 0 Å². The fourth-order valence-corrected chi connectivity index (χ4v) is 1.99. The third-order valence-electron chi connectivity index (χ3n) is 2.88. The van der Waals surface area contributed by atoms with Crippen LogP contribution in [-0.4, -0.2) is 10.7 Å². The van der Waals surface area contributed by atoms with E-state index in [-0.39, 0.29) is 5.60 Å². The molecule has 2 nitrogen and oxygen atoms in total. The molecule has 1 aromatic carbocycles. The van der Waals surface area contributed by atoms with Gasteiger partial charge in [-0.3, -0.25) is 0 Å². The lowest BCUT2D eigenvalue weighted by Crippen LogP contribution is -2.24. The van der Waals surface area contributed by atoms with Gasteiger partial charge in [0.05, 0.1) is 0 Å². The van der Waals surface area contributed by atoms with Crippen LogP contribution in [0.1, 0.15) is 30.5 Å². The molecule has 0 bridgehead atoms. The van der Waals surface area contributed by atoms with E-state index in [1.165, 1.54) is 0 Å². The molecule has 1 N–H and O–H groups in total. The molecule has 1 aliphatic heterocycles. The van der Waals surface area contributed by atoms with E-state index >= 15 is 0 Å². The van der Waals surface area contributed by atoms with Gasteiger partial charge in [-0.15, -0.1) is 0 Å². The van der Waals surface area contributed by atoms with E-state index in [9.17, 15) is 5.11 Å². The first kappa shape index (κ1) is 9.38. The summed E-state index contributed by atoms with van der Waals surface area (Å²) in [7, 11) is 0. The Morgan fingerprint density at radius 1 is 1.29 bits per heavy atom. The third kappa shape index (κ3) is 1.26. The number of hydrogen-bond donors (Lipinski definition) is 1. The second-order valence-electron chi connectivity index (χ2n) is 4.67. The first-order chi connectivity index (χ1) is 6.41. The summed E-state index contributed by atoms with van der Waals surface area (Å²) < 4.78 is 5.85. The van der Waals surface area contributed by atoms with Gasteiger partial charge in [0.1, 0.15) is 17.1 Å². The molecular weight excluding hydrogens is 176 g/mol. The summed E-state index contributed by atoms with van der Waals surface area (Å²) in [6, 6.07) is 1.83. The second-order valence-corrected chi connectivity index (χ2v) is 4.67. The molecule has 0 fully saturated rings. The van der Waals surface area contributed by atoms with Crippen molar-refractivity contribution in [2.45, 2.75) is 39.7 Å². The zero-order chi connectivity index (χ0) is 10.5. The van der Waals surface area contributed by atoms with Crippen LogP contribution in [0.15, 0.2) is 6.07 Å². The Morgan fingerprint density at radius 2 is 1.93 bits per heavy atom. The minimum absolute atomic E-state index is 0.132. The van der Waals surface area contributed by atoms with Crippen molar-refractivity contribution in [3.8, 4) is 11.5 Å². The molecule has 0 aliphatic carbocycles. The average molecular weight is 192 g/mol. The summed E-state index contributed by atoms with van der Waals surface area (Å²) >= 11 is 0. The van der Waals surface area contributed by atoms with Crippen molar-refractivity contribution in [3.63, 3.8) is 0 Å². The van der Waals surface area contributed by atoms with Crippen LogP contribution in [0.3, 0.4) is 0 Å². The van der Waals surface area contributed by atoms with Crippen molar-refractivity contribution < 1.29 is 9.84 Å². The van der Waals surface area contributed by atoms with Gasteiger partial charge in [0.25, 0.3) is 0 Å². The Hall–Kier alpha value is -1.18. The fourth-order valence-electron chi connectivity index (χ4n) is 1.99. The van der Waals surface area contributed by atoms with E-state index in [4.69, 9.17) is 4.74 Å². The summed E-state index contributed by atoms with van der Waals surface area (Å²) in [6.07, 6.45) is 0.872. The number of hydrogen-bond acceptors (Lipinski definition) is 2. The standard InChI is InChI=1S/C12H16O2/c1-7-8(2)11-9(5-10(7)13)6-12(3,4)14-11/h5,13H,6H2,1-4H3. The molecule has 1 aliphatic rings. The van der Waals surface area contributed by atoms with Crippen molar-refractivity contribution in [3.05, 3.63) is 22.8 Å². The van der Waals surface area contributed by atoms with E-state index in [1.807, 2.05) is 19.9 Å². The number of fused-ring (bicyclic) bond motifs is 1. The van der Waals surface area contributed by atoms with Crippen molar-refractivity contribution in [1.82, 2.24) is 0 Å². The molecule has 0 unspecified atom stereocenters. The predicted molar refractivity (Wildman–Crippen MR) is 56.0 cm³/mol. The largest absolute Gasteiger partial charge is 0.508 e. The molecule has 2 heteroatoms. The van der Waals surface area contributed by atoms with Crippen LogP contribution in [0, 0.1) is 13.8 Å². The topological polar surface area (TPSA) is 29.5 Å². The fraction of sp³-hybridized carbons (Fsp3) is 0.500. The Bertz CT molecular complexity index is 392. The van der Waals surface area contributed by atoms with E-state index in [0.717, 1.165) is 28.9 Å². The van der Waals surface area contributed by atoms with Gasteiger partial charge in [-0.25, -0.2) is 0 Å². The van der Waals surface area contributed by atoms with Crippen molar-refractivity contribution >= 4 is 0 Å². The quantitative estimate of drug-likeness (QED) is 0.684. The highest BCUT2D eigenvalue weighted by atomic mass is 16.5. The SMILES string of the molecule is Cc1c(O)cc2c(c1C)OC(C)(C)C2. The van der Waals surface area contributed by atoms with Gasteiger partial charge in [-0.1, -0.05) is 0 Å². The predicted octanol–water partition coefficient (Wildman–Crippen LogP) is 2.72. The molecule has 0 saturated carbocycles. The number of rotatable bonds is 0. The number of benzene rings is 1. The average Bonchev–Trinajstić information content (AvgIpc) is 2.37. The van der Waals surface area contributed by atoms with Crippen molar-refractivity contribution in [2.24, 2.45) is 0 Å². The first-order valence-electron chi connectivity index (χ1n) is 4.92. The zero-order valence-electron chi connectivity index (χ0n) is 9.14. The monoisotopic (exact) mass is 192 g/mol. The maximum absolute atomic E-state index is 9.68. The normalized spacial score (nSPS) is 17.7. The van der Waals surface area contributed by atoms with Crippen LogP contribution in [0.25, 0.3) is 0 Å². The number of aromatic hydroxyl groups is 1. The summed E-state index contributed by atoms with van der Waals surface area (Å²) in [5, 5.41) is 9.68. The van der Waals surface area contributed by atoms with Crippen LogP contribution in [-0.2, 0) is 6.42 Å². The van der Waals surface area contributed by atoms with Crippen molar-refractivity contribution in [2.75, 3.05) is 0 Å². The number of phenolic OH excluding ortho intramolecular Hbond substituents is 1. The van der Waals surface area contributed by atoms with Gasteiger partial charge >= 0.3 is 0 Å². The molecule has 0 aromatic heterocycles. The molecule has 1 aromatic rings. The van der Waals surface area contributed by atoms with Crippen LogP contribution in [0.4, 0.5) is 0 Å². The highest BCUT2D eigenvalue weighted by molar-refractivity contribution is 5.54. The van der Waals surface area contributed by atoms with Crippen LogP contribution in [0.5, 0.6) is 11.5 Å². The Balaban J connectivity index is 2.59. The summed E-state index contributed by atoms with van der Waals surface area (Å²) in [6.45, 7) is 8.05. The zero-order valence-corrected chi connectivity index (χ0v) is 9.14. The first-order valence-corrected chi connectivity index (χ1v) is 4.92. The summed E-state index contributed by atoms with van der Waals surface area (Å²) in [4.78, 5) is 0. The summed E-state index contributed by atoms with van der Waals surface area (Å²) in [5.74, 6) is 1.34.